The summed E-state index contributed by atoms with van der Waals surface area (Å²) >= 11 is 0. The van der Waals surface area contributed by atoms with E-state index in [4.69, 9.17) is 0 Å². The average Bonchev–Trinajstić information content (AvgIpc) is 2.95. The largest absolute Gasteiger partial charge is 0.338 e. The molecule has 4 atom stereocenters. The lowest BCUT2D eigenvalue weighted by Crippen LogP contribution is -2.53. The molecule has 4 unspecified atom stereocenters. The molecule has 1 saturated carbocycles. The highest BCUT2D eigenvalue weighted by Crippen LogP contribution is 2.37. The Morgan fingerprint density at radius 2 is 2.00 bits per heavy atom. The Bertz CT molecular complexity index is 305. The van der Waals surface area contributed by atoms with Gasteiger partial charge in [-0.1, -0.05) is 13.3 Å². The van der Waals surface area contributed by atoms with Crippen molar-refractivity contribution in [3.63, 3.8) is 0 Å². The molecular weight excluding hydrogens is 212 g/mol. The topological polar surface area (TPSA) is 32.3 Å². The van der Waals surface area contributed by atoms with E-state index >= 15 is 0 Å². The zero-order valence-electron chi connectivity index (χ0n) is 10.8. The second-order valence-electron chi connectivity index (χ2n) is 6.13. The number of fused-ring (bicyclic) bond motifs is 1. The smallest absolute Gasteiger partial charge is 0.240 e. The molecule has 1 N–H and O–H groups in total. The number of nitrogens with one attached hydrogen (secondary N) is 1. The molecule has 17 heavy (non-hydrogen) atoms. The maximum Gasteiger partial charge on any atom is 0.240 e. The van der Waals surface area contributed by atoms with Crippen molar-refractivity contribution in [2.75, 3.05) is 13.1 Å². The third-order valence-corrected chi connectivity index (χ3v) is 5.08. The van der Waals surface area contributed by atoms with Crippen molar-refractivity contribution in [3.05, 3.63) is 0 Å². The third-order valence-electron chi connectivity index (χ3n) is 5.08. The van der Waals surface area contributed by atoms with Gasteiger partial charge in [0.15, 0.2) is 0 Å². The van der Waals surface area contributed by atoms with Gasteiger partial charge in [-0.15, -0.1) is 0 Å². The van der Waals surface area contributed by atoms with Crippen LogP contribution in [-0.2, 0) is 4.79 Å². The van der Waals surface area contributed by atoms with Gasteiger partial charge in [0.25, 0.3) is 0 Å². The highest BCUT2D eigenvalue weighted by Gasteiger charge is 2.41. The number of piperidine rings is 1. The Labute approximate surface area is 104 Å². The van der Waals surface area contributed by atoms with Gasteiger partial charge in [-0.2, -0.15) is 0 Å². The Kier molecular flexibility index (Phi) is 3.12. The molecule has 3 rings (SSSR count). The summed E-state index contributed by atoms with van der Waals surface area (Å²) in [6, 6.07) is 0.681. The molecule has 3 aliphatic rings. The molecule has 3 fully saturated rings. The number of carbonyl (C=O) groups excluding carboxylic acids is 1. The molecule has 0 aromatic carbocycles. The van der Waals surface area contributed by atoms with E-state index in [1.165, 1.54) is 32.1 Å². The van der Waals surface area contributed by atoms with E-state index in [-0.39, 0.29) is 6.04 Å². The summed E-state index contributed by atoms with van der Waals surface area (Å²) in [6.07, 6.45) is 7.64. The molecule has 0 spiro atoms. The lowest BCUT2D eigenvalue weighted by atomic mass is 9.90. The van der Waals surface area contributed by atoms with Crippen LogP contribution < -0.4 is 5.32 Å². The van der Waals surface area contributed by atoms with E-state index in [0.29, 0.717) is 17.9 Å². The minimum absolute atomic E-state index is 0.106. The predicted molar refractivity (Wildman–Crippen MR) is 67.6 cm³/mol. The van der Waals surface area contributed by atoms with Gasteiger partial charge in [0.05, 0.1) is 6.04 Å². The minimum Gasteiger partial charge on any atom is -0.338 e. The second-order valence-corrected chi connectivity index (χ2v) is 6.13. The standard InChI is InChI=1S/C14H24N2O/c1-10-7-8-15-13(10)14(17)16-9-3-5-11-4-2-6-12(11)16/h10-13,15H,2-9H2,1H3. The van der Waals surface area contributed by atoms with Crippen molar-refractivity contribution >= 4 is 5.91 Å². The highest BCUT2D eigenvalue weighted by atomic mass is 16.2. The number of hydrogen-bond donors (Lipinski definition) is 1. The summed E-state index contributed by atoms with van der Waals surface area (Å²) in [5.41, 5.74) is 0. The summed E-state index contributed by atoms with van der Waals surface area (Å²) in [6.45, 7) is 4.23. The van der Waals surface area contributed by atoms with Gasteiger partial charge in [-0.05, 0) is 50.5 Å². The monoisotopic (exact) mass is 236 g/mol. The molecule has 0 radical (unpaired) electrons. The highest BCUT2D eigenvalue weighted by molar-refractivity contribution is 5.83. The molecule has 0 aromatic heterocycles. The van der Waals surface area contributed by atoms with Crippen molar-refractivity contribution in [2.45, 2.75) is 57.5 Å². The van der Waals surface area contributed by atoms with Crippen molar-refractivity contribution in [3.8, 4) is 0 Å². The molecule has 2 saturated heterocycles. The van der Waals surface area contributed by atoms with Crippen molar-refractivity contribution < 1.29 is 4.79 Å². The van der Waals surface area contributed by atoms with Crippen LogP contribution in [0.5, 0.6) is 0 Å². The molecule has 3 nitrogen and oxygen atoms in total. The molecule has 1 amide bonds. The van der Waals surface area contributed by atoms with Crippen molar-refractivity contribution in [2.24, 2.45) is 11.8 Å². The molecule has 2 heterocycles. The first kappa shape index (κ1) is 11.5. The number of likely N-dealkylation sites (tertiary alicyclic amines) is 1. The summed E-state index contributed by atoms with van der Waals surface area (Å²) in [5.74, 6) is 1.72. The number of hydrogen-bond acceptors (Lipinski definition) is 2. The SMILES string of the molecule is CC1CCNC1C(=O)N1CCCC2CCCC21. The average molecular weight is 236 g/mol. The normalized spacial score (nSPS) is 41.6. The number of nitrogens with zero attached hydrogens (tertiary/aromatic N) is 1. The van der Waals surface area contributed by atoms with Crippen LogP contribution in [0.3, 0.4) is 0 Å². The van der Waals surface area contributed by atoms with E-state index in [9.17, 15) is 4.79 Å². The Morgan fingerprint density at radius 1 is 1.18 bits per heavy atom. The number of amides is 1. The van der Waals surface area contributed by atoms with Gasteiger partial charge in [0, 0.05) is 12.6 Å². The van der Waals surface area contributed by atoms with Crippen LogP contribution in [0.15, 0.2) is 0 Å². The van der Waals surface area contributed by atoms with Crippen LogP contribution in [0, 0.1) is 11.8 Å². The Balaban J connectivity index is 1.72. The molecule has 0 bridgehead atoms. The fourth-order valence-electron chi connectivity index (χ4n) is 4.07. The zero-order chi connectivity index (χ0) is 11.8. The van der Waals surface area contributed by atoms with Crippen LogP contribution >= 0.6 is 0 Å². The first-order chi connectivity index (χ1) is 8.27. The number of carbonyl (C=O) groups is 1. The second kappa shape index (κ2) is 4.60. The fraction of sp³-hybridized carbons (Fsp3) is 0.929. The van der Waals surface area contributed by atoms with E-state index in [0.717, 1.165) is 25.4 Å². The summed E-state index contributed by atoms with van der Waals surface area (Å²) in [7, 11) is 0. The first-order valence-corrected chi connectivity index (χ1v) is 7.31. The number of rotatable bonds is 1. The van der Waals surface area contributed by atoms with Crippen LogP contribution in [0.2, 0.25) is 0 Å². The first-order valence-electron chi connectivity index (χ1n) is 7.31. The van der Waals surface area contributed by atoms with Gasteiger partial charge in [0.1, 0.15) is 0 Å². The zero-order valence-corrected chi connectivity index (χ0v) is 10.8. The Morgan fingerprint density at radius 3 is 2.76 bits per heavy atom. The Hall–Kier alpha value is -0.570. The molecule has 1 aliphatic carbocycles. The molecule has 3 heteroatoms. The summed E-state index contributed by atoms with van der Waals surface area (Å²) < 4.78 is 0. The van der Waals surface area contributed by atoms with Crippen LogP contribution in [0.1, 0.15) is 45.4 Å². The lowest BCUT2D eigenvalue weighted by Gasteiger charge is -2.39. The quantitative estimate of drug-likeness (QED) is 0.752. The van der Waals surface area contributed by atoms with Crippen LogP contribution in [0.25, 0.3) is 0 Å². The van der Waals surface area contributed by atoms with Gasteiger partial charge in [-0.3, -0.25) is 4.79 Å². The van der Waals surface area contributed by atoms with Crippen molar-refractivity contribution in [1.82, 2.24) is 10.2 Å². The minimum atomic E-state index is 0.106. The fourth-order valence-corrected chi connectivity index (χ4v) is 4.07. The predicted octanol–water partition coefficient (Wildman–Crippen LogP) is 1.78. The van der Waals surface area contributed by atoms with E-state index in [2.05, 4.69) is 17.1 Å². The maximum atomic E-state index is 12.6. The third kappa shape index (κ3) is 1.99. The summed E-state index contributed by atoms with van der Waals surface area (Å²) in [5, 5.41) is 3.39. The van der Waals surface area contributed by atoms with Gasteiger partial charge >= 0.3 is 0 Å². The van der Waals surface area contributed by atoms with Crippen LogP contribution in [0.4, 0.5) is 0 Å². The van der Waals surface area contributed by atoms with Crippen molar-refractivity contribution in [1.29, 1.82) is 0 Å². The van der Waals surface area contributed by atoms with E-state index in [1.807, 2.05) is 0 Å². The lowest BCUT2D eigenvalue weighted by molar-refractivity contribution is -0.138. The maximum absolute atomic E-state index is 12.6. The van der Waals surface area contributed by atoms with Gasteiger partial charge in [-0.25, -0.2) is 0 Å². The summed E-state index contributed by atoms with van der Waals surface area (Å²) in [4.78, 5) is 14.8. The molecular formula is C14H24N2O. The van der Waals surface area contributed by atoms with Gasteiger partial charge < -0.3 is 10.2 Å². The van der Waals surface area contributed by atoms with E-state index < -0.39 is 0 Å². The molecule has 2 aliphatic heterocycles. The van der Waals surface area contributed by atoms with E-state index in [1.54, 1.807) is 0 Å². The van der Waals surface area contributed by atoms with Crippen LogP contribution in [-0.4, -0.2) is 36.0 Å². The molecule has 96 valence electrons. The molecule has 0 aromatic rings. The van der Waals surface area contributed by atoms with Gasteiger partial charge in [0.2, 0.25) is 5.91 Å².